The number of pyridine rings is 2. The molecule has 0 bridgehead atoms. The molecule has 0 unspecified atom stereocenters. The van der Waals surface area contributed by atoms with Gasteiger partial charge in [0.15, 0.2) is 0 Å². The Kier molecular flexibility index (Phi) is 3.65. The van der Waals surface area contributed by atoms with Crippen LogP contribution in [-0.2, 0) is 7.05 Å². The van der Waals surface area contributed by atoms with E-state index in [0.717, 1.165) is 47.4 Å². The molecule has 1 aliphatic heterocycles. The molecular weight excluding hydrogens is 356 g/mol. The van der Waals surface area contributed by atoms with Crippen LogP contribution in [0.5, 0.6) is 0 Å². The number of hydrogen-bond acceptors (Lipinski definition) is 5. The van der Waals surface area contributed by atoms with E-state index in [0.29, 0.717) is 0 Å². The summed E-state index contributed by atoms with van der Waals surface area (Å²) in [5, 5.41) is 4.26. The van der Waals surface area contributed by atoms with Crippen LogP contribution in [0.4, 0.5) is 11.4 Å². The molecule has 0 aliphatic carbocycles. The lowest BCUT2D eigenvalue weighted by Gasteiger charge is -2.36. The van der Waals surface area contributed by atoms with E-state index in [1.165, 1.54) is 5.69 Å². The van der Waals surface area contributed by atoms with E-state index in [1.54, 1.807) is 0 Å². The molecule has 0 amide bonds. The molecule has 0 radical (unpaired) electrons. The fourth-order valence-corrected chi connectivity index (χ4v) is 3.34. The zero-order valence-electron chi connectivity index (χ0n) is 12.9. The third kappa shape index (κ3) is 2.76. The molecule has 118 valence electrons. The van der Waals surface area contributed by atoms with Crippen LogP contribution in [0.1, 0.15) is 0 Å². The summed E-state index contributed by atoms with van der Waals surface area (Å²) in [7, 11) is 1.95. The van der Waals surface area contributed by atoms with Crippen LogP contribution >= 0.6 is 15.9 Å². The second-order valence-electron chi connectivity index (χ2n) is 5.70. The summed E-state index contributed by atoms with van der Waals surface area (Å²) in [5.41, 5.74) is 4.24. The zero-order chi connectivity index (χ0) is 15.8. The van der Waals surface area contributed by atoms with Crippen LogP contribution < -0.4 is 9.80 Å². The smallest absolute Gasteiger partial charge is 0.112 e. The molecule has 0 atom stereocenters. The van der Waals surface area contributed by atoms with Crippen molar-refractivity contribution in [2.24, 2.45) is 7.05 Å². The van der Waals surface area contributed by atoms with Crippen molar-refractivity contribution in [3.05, 3.63) is 41.4 Å². The minimum Gasteiger partial charge on any atom is -0.366 e. The van der Waals surface area contributed by atoms with Crippen molar-refractivity contribution >= 4 is 38.3 Å². The van der Waals surface area contributed by atoms with E-state index in [4.69, 9.17) is 0 Å². The lowest BCUT2D eigenvalue weighted by molar-refractivity contribution is 0.654. The molecule has 4 heterocycles. The van der Waals surface area contributed by atoms with Gasteiger partial charge in [-0.15, -0.1) is 0 Å². The highest BCUT2D eigenvalue weighted by Gasteiger charge is 2.20. The summed E-state index contributed by atoms with van der Waals surface area (Å²) < 4.78 is 2.80. The van der Waals surface area contributed by atoms with Crippen LogP contribution in [0.15, 0.2) is 41.4 Å². The Morgan fingerprint density at radius 2 is 1.83 bits per heavy atom. The number of halogens is 1. The average Bonchev–Trinajstić information content (AvgIpc) is 3.01. The Morgan fingerprint density at radius 3 is 2.57 bits per heavy atom. The van der Waals surface area contributed by atoms with Crippen molar-refractivity contribution in [1.82, 2.24) is 19.7 Å². The summed E-state index contributed by atoms with van der Waals surface area (Å²) in [6.45, 7) is 3.88. The first kappa shape index (κ1) is 14.4. The van der Waals surface area contributed by atoms with Gasteiger partial charge < -0.3 is 9.80 Å². The molecule has 6 nitrogen and oxygen atoms in total. The van der Waals surface area contributed by atoms with Crippen molar-refractivity contribution in [3.63, 3.8) is 0 Å². The summed E-state index contributed by atoms with van der Waals surface area (Å²) in [6.07, 6.45) is 7.69. The van der Waals surface area contributed by atoms with Gasteiger partial charge in [0.2, 0.25) is 0 Å². The lowest BCUT2D eigenvalue weighted by atomic mass is 10.2. The molecule has 0 aromatic carbocycles. The van der Waals surface area contributed by atoms with Crippen molar-refractivity contribution in [2.75, 3.05) is 36.0 Å². The maximum Gasteiger partial charge on any atom is 0.112 e. The number of rotatable bonds is 2. The lowest BCUT2D eigenvalue weighted by Crippen LogP contribution is -2.46. The molecule has 0 saturated carbocycles. The molecule has 0 spiro atoms. The monoisotopic (exact) mass is 372 g/mol. The topological polar surface area (TPSA) is 50.1 Å². The van der Waals surface area contributed by atoms with Crippen molar-refractivity contribution in [2.45, 2.75) is 0 Å². The molecule has 0 N–H and O–H groups in total. The Hall–Kier alpha value is -2.15. The molecule has 1 aliphatic rings. The second kappa shape index (κ2) is 5.81. The second-order valence-corrected chi connectivity index (χ2v) is 6.61. The van der Waals surface area contributed by atoms with E-state index >= 15 is 0 Å². The number of piperazine rings is 1. The fraction of sp³-hybridized carbons (Fsp3) is 0.312. The van der Waals surface area contributed by atoms with E-state index in [-0.39, 0.29) is 0 Å². The molecular formula is C16H17BrN6. The van der Waals surface area contributed by atoms with Crippen molar-refractivity contribution < 1.29 is 0 Å². The van der Waals surface area contributed by atoms with Crippen LogP contribution in [0.3, 0.4) is 0 Å². The van der Waals surface area contributed by atoms with Gasteiger partial charge in [-0.25, -0.2) is 0 Å². The maximum atomic E-state index is 4.56. The zero-order valence-corrected chi connectivity index (χ0v) is 14.4. The SMILES string of the molecule is Cn1cc(N2CCN(c3ccnc4cc(Br)cnc34)CC2)cn1. The predicted octanol–water partition coefficient (Wildman–Crippen LogP) is 2.45. The first-order valence-electron chi connectivity index (χ1n) is 7.59. The summed E-state index contributed by atoms with van der Waals surface area (Å²) in [4.78, 5) is 13.7. The van der Waals surface area contributed by atoms with Crippen LogP contribution in [-0.4, -0.2) is 45.9 Å². The number of anilines is 2. The number of fused-ring (bicyclic) bond motifs is 1. The van der Waals surface area contributed by atoms with Gasteiger partial charge in [-0.3, -0.25) is 14.6 Å². The standard InChI is InChI=1S/C16H17BrN6/c1-21-11-13(10-20-21)22-4-6-23(7-5-22)15-2-3-18-14-8-12(17)9-19-16(14)15/h2-3,8-11H,4-7H2,1H3. The fourth-order valence-electron chi connectivity index (χ4n) is 3.02. The normalized spacial score (nSPS) is 15.4. The van der Waals surface area contributed by atoms with Crippen LogP contribution in [0.25, 0.3) is 11.0 Å². The molecule has 23 heavy (non-hydrogen) atoms. The van der Waals surface area contributed by atoms with Gasteiger partial charge in [-0.2, -0.15) is 5.10 Å². The van der Waals surface area contributed by atoms with Gasteiger partial charge in [0.1, 0.15) is 5.52 Å². The van der Waals surface area contributed by atoms with Gasteiger partial charge in [0, 0.05) is 56.3 Å². The molecule has 1 saturated heterocycles. The predicted molar refractivity (Wildman–Crippen MR) is 94.9 cm³/mol. The molecule has 7 heteroatoms. The third-order valence-electron chi connectivity index (χ3n) is 4.20. The third-order valence-corrected chi connectivity index (χ3v) is 4.63. The minimum atomic E-state index is 0.923. The molecule has 4 rings (SSSR count). The Bertz CT molecular complexity index is 837. The van der Waals surface area contributed by atoms with Gasteiger partial charge in [-0.1, -0.05) is 0 Å². The van der Waals surface area contributed by atoms with E-state index in [9.17, 15) is 0 Å². The van der Waals surface area contributed by atoms with Crippen LogP contribution in [0.2, 0.25) is 0 Å². The Morgan fingerprint density at radius 1 is 1.04 bits per heavy atom. The largest absolute Gasteiger partial charge is 0.366 e. The first-order valence-corrected chi connectivity index (χ1v) is 8.39. The maximum absolute atomic E-state index is 4.56. The number of aromatic nitrogens is 4. The van der Waals surface area contributed by atoms with E-state index in [2.05, 4.69) is 53.1 Å². The van der Waals surface area contributed by atoms with Gasteiger partial charge in [0.25, 0.3) is 0 Å². The molecule has 3 aromatic rings. The Balaban J connectivity index is 1.57. The van der Waals surface area contributed by atoms with Gasteiger partial charge in [-0.05, 0) is 28.1 Å². The Labute approximate surface area is 142 Å². The molecule has 3 aromatic heterocycles. The van der Waals surface area contributed by atoms with Gasteiger partial charge >= 0.3 is 0 Å². The molecule has 1 fully saturated rings. The summed E-state index contributed by atoms with van der Waals surface area (Å²) >= 11 is 3.46. The summed E-state index contributed by atoms with van der Waals surface area (Å²) in [6, 6.07) is 4.07. The number of nitrogens with zero attached hydrogens (tertiary/aromatic N) is 6. The highest BCUT2D eigenvalue weighted by atomic mass is 79.9. The van der Waals surface area contributed by atoms with E-state index < -0.39 is 0 Å². The highest BCUT2D eigenvalue weighted by molar-refractivity contribution is 9.10. The summed E-state index contributed by atoms with van der Waals surface area (Å²) in [5.74, 6) is 0. The quantitative estimate of drug-likeness (QED) is 0.691. The van der Waals surface area contributed by atoms with Crippen LogP contribution in [0, 0.1) is 0 Å². The number of aryl methyl sites for hydroxylation is 1. The van der Waals surface area contributed by atoms with Crippen molar-refractivity contribution in [1.29, 1.82) is 0 Å². The number of hydrogen-bond donors (Lipinski definition) is 0. The van der Waals surface area contributed by atoms with E-state index in [1.807, 2.05) is 36.4 Å². The minimum absolute atomic E-state index is 0.923. The van der Waals surface area contributed by atoms with Gasteiger partial charge in [0.05, 0.1) is 23.1 Å². The average molecular weight is 373 g/mol. The first-order chi connectivity index (χ1) is 11.2. The highest BCUT2D eigenvalue weighted by Crippen LogP contribution is 2.27. The van der Waals surface area contributed by atoms with Crippen molar-refractivity contribution in [3.8, 4) is 0 Å².